The van der Waals surface area contributed by atoms with Gasteiger partial charge in [-0.3, -0.25) is 4.79 Å². The van der Waals surface area contributed by atoms with Gasteiger partial charge in [0.2, 0.25) is 0 Å². The molecule has 2 heteroatoms. The Hall–Kier alpha value is -1.31. The van der Waals surface area contributed by atoms with Crippen LogP contribution in [0.1, 0.15) is 45.2 Å². The predicted octanol–water partition coefficient (Wildman–Crippen LogP) is 3.97. The second-order valence-electron chi connectivity index (χ2n) is 5.51. The lowest BCUT2D eigenvalue weighted by Crippen LogP contribution is -2.11. The van der Waals surface area contributed by atoms with Crippen molar-refractivity contribution in [2.24, 2.45) is 11.8 Å². The van der Waals surface area contributed by atoms with Crippen LogP contribution in [0, 0.1) is 11.8 Å². The summed E-state index contributed by atoms with van der Waals surface area (Å²) in [5.74, 6) is 0.533. The Morgan fingerprint density at radius 1 is 1.06 bits per heavy atom. The second-order valence-corrected chi connectivity index (χ2v) is 5.51. The summed E-state index contributed by atoms with van der Waals surface area (Å²) < 4.78 is 5.19. The fourth-order valence-corrected chi connectivity index (χ4v) is 1.58. The van der Waals surface area contributed by atoms with Gasteiger partial charge in [0.25, 0.3) is 0 Å². The van der Waals surface area contributed by atoms with Crippen LogP contribution in [-0.2, 0) is 22.6 Å². The predicted molar refractivity (Wildman–Crippen MR) is 74.2 cm³/mol. The van der Waals surface area contributed by atoms with Crippen molar-refractivity contribution in [1.29, 1.82) is 0 Å². The molecule has 0 atom stereocenters. The summed E-state index contributed by atoms with van der Waals surface area (Å²) in [6, 6.07) is 8.34. The van der Waals surface area contributed by atoms with Gasteiger partial charge in [0.05, 0.1) is 5.92 Å². The van der Waals surface area contributed by atoms with Gasteiger partial charge in [-0.05, 0) is 29.9 Å². The van der Waals surface area contributed by atoms with E-state index in [9.17, 15) is 4.79 Å². The molecular weight excluding hydrogens is 224 g/mol. The van der Waals surface area contributed by atoms with E-state index in [1.807, 2.05) is 26.0 Å². The van der Waals surface area contributed by atoms with Crippen LogP contribution in [0.5, 0.6) is 0 Å². The molecule has 1 rings (SSSR count). The number of rotatable bonds is 6. The third kappa shape index (κ3) is 5.35. The van der Waals surface area contributed by atoms with Crippen molar-refractivity contribution in [2.45, 2.75) is 47.1 Å². The molecule has 2 nitrogen and oxygen atoms in total. The minimum atomic E-state index is -0.140. The first-order chi connectivity index (χ1) is 8.49. The Bertz CT molecular complexity index is 363. The highest BCUT2D eigenvalue weighted by molar-refractivity contribution is 5.71. The van der Waals surface area contributed by atoms with E-state index in [0.717, 1.165) is 17.9 Å². The summed E-state index contributed by atoms with van der Waals surface area (Å²) in [5, 5.41) is 0. The van der Waals surface area contributed by atoms with Crippen molar-refractivity contribution >= 4 is 5.97 Å². The summed E-state index contributed by atoms with van der Waals surface area (Å²) in [7, 11) is 0. The van der Waals surface area contributed by atoms with Crippen LogP contribution < -0.4 is 0 Å². The molecule has 0 fully saturated rings. The molecule has 0 aliphatic rings. The van der Waals surface area contributed by atoms with Crippen molar-refractivity contribution < 1.29 is 9.53 Å². The number of ether oxygens (including phenoxy) is 1. The molecule has 0 aliphatic heterocycles. The van der Waals surface area contributed by atoms with Crippen LogP contribution in [0.4, 0.5) is 0 Å². The molecule has 0 heterocycles. The van der Waals surface area contributed by atoms with E-state index in [4.69, 9.17) is 4.74 Å². The molecule has 0 spiro atoms. The maximum absolute atomic E-state index is 11.3. The van der Waals surface area contributed by atoms with Crippen LogP contribution in [-0.4, -0.2) is 5.97 Å². The summed E-state index contributed by atoms with van der Waals surface area (Å²) in [6.45, 7) is 8.54. The van der Waals surface area contributed by atoms with Crippen LogP contribution in [0.15, 0.2) is 24.3 Å². The van der Waals surface area contributed by atoms with Crippen molar-refractivity contribution in [1.82, 2.24) is 0 Å². The van der Waals surface area contributed by atoms with E-state index in [1.54, 1.807) is 0 Å². The summed E-state index contributed by atoms with van der Waals surface area (Å²) in [4.78, 5) is 11.3. The fourth-order valence-electron chi connectivity index (χ4n) is 1.58. The van der Waals surface area contributed by atoms with Crippen LogP contribution in [0.3, 0.4) is 0 Å². The molecule has 100 valence electrons. The van der Waals surface area contributed by atoms with E-state index in [-0.39, 0.29) is 11.9 Å². The van der Waals surface area contributed by atoms with E-state index in [1.165, 1.54) is 12.0 Å². The monoisotopic (exact) mass is 248 g/mol. The van der Waals surface area contributed by atoms with E-state index < -0.39 is 0 Å². The molecule has 18 heavy (non-hydrogen) atoms. The number of hydrogen-bond donors (Lipinski definition) is 0. The van der Waals surface area contributed by atoms with Gasteiger partial charge in [-0.25, -0.2) is 0 Å². The number of esters is 1. The van der Waals surface area contributed by atoms with Gasteiger partial charge in [0, 0.05) is 0 Å². The molecule has 0 radical (unpaired) electrons. The topological polar surface area (TPSA) is 26.3 Å². The molecular formula is C16H24O2. The first kappa shape index (κ1) is 14.7. The van der Waals surface area contributed by atoms with E-state index in [2.05, 4.69) is 26.0 Å². The van der Waals surface area contributed by atoms with Crippen molar-refractivity contribution in [2.75, 3.05) is 0 Å². The zero-order valence-electron chi connectivity index (χ0n) is 11.9. The van der Waals surface area contributed by atoms with Gasteiger partial charge in [0.1, 0.15) is 6.61 Å². The third-order valence-electron chi connectivity index (χ3n) is 2.89. The van der Waals surface area contributed by atoms with Crippen molar-refractivity contribution in [3.63, 3.8) is 0 Å². The lowest BCUT2D eigenvalue weighted by molar-refractivity contribution is -0.148. The second kappa shape index (κ2) is 7.20. The lowest BCUT2D eigenvalue weighted by atomic mass is 10.0. The average Bonchev–Trinajstić information content (AvgIpc) is 2.34. The fraction of sp³-hybridized carbons (Fsp3) is 0.562. The maximum atomic E-state index is 11.3. The normalized spacial score (nSPS) is 11.0. The molecule has 0 amide bonds. The number of hydrogen-bond acceptors (Lipinski definition) is 2. The van der Waals surface area contributed by atoms with Crippen LogP contribution in [0.2, 0.25) is 0 Å². The summed E-state index contributed by atoms with van der Waals surface area (Å²) >= 11 is 0. The Labute approximate surface area is 110 Å². The molecule has 1 aromatic carbocycles. The van der Waals surface area contributed by atoms with Crippen LogP contribution in [0.25, 0.3) is 0 Å². The van der Waals surface area contributed by atoms with E-state index in [0.29, 0.717) is 6.61 Å². The van der Waals surface area contributed by atoms with Crippen molar-refractivity contribution in [3.05, 3.63) is 35.4 Å². The number of aryl methyl sites for hydroxylation is 1. The molecule has 0 bridgehead atoms. The van der Waals surface area contributed by atoms with Gasteiger partial charge in [-0.15, -0.1) is 0 Å². The average molecular weight is 248 g/mol. The Kier molecular flexibility index (Phi) is 5.90. The number of carbonyl (C=O) groups excluding carboxylic acids is 1. The van der Waals surface area contributed by atoms with E-state index >= 15 is 0 Å². The maximum Gasteiger partial charge on any atom is 0.308 e. The number of benzene rings is 1. The standard InChI is InChI=1S/C16H24O2/c1-12(2)5-6-14-7-9-15(10-8-14)11-18-16(17)13(3)4/h7-10,12-13H,5-6,11H2,1-4H3. The zero-order valence-corrected chi connectivity index (χ0v) is 11.9. The molecule has 0 saturated heterocycles. The quantitative estimate of drug-likeness (QED) is 0.712. The van der Waals surface area contributed by atoms with Gasteiger partial charge in [-0.1, -0.05) is 52.0 Å². The highest BCUT2D eigenvalue weighted by Gasteiger charge is 2.08. The third-order valence-corrected chi connectivity index (χ3v) is 2.89. The largest absolute Gasteiger partial charge is 0.461 e. The summed E-state index contributed by atoms with van der Waals surface area (Å²) in [6.07, 6.45) is 2.32. The smallest absolute Gasteiger partial charge is 0.308 e. The minimum absolute atomic E-state index is 0.0599. The molecule has 1 aromatic rings. The highest BCUT2D eigenvalue weighted by Crippen LogP contribution is 2.11. The highest BCUT2D eigenvalue weighted by atomic mass is 16.5. The Morgan fingerprint density at radius 3 is 2.11 bits per heavy atom. The van der Waals surface area contributed by atoms with Gasteiger partial charge in [0.15, 0.2) is 0 Å². The summed E-state index contributed by atoms with van der Waals surface area (Å²) in [5.41, 5.74) is 2.40. The zero-order chi connectivity index (χ0) is 13.5. The molecule has 0 aliphatic carbocycles. The molecule has 0 saturated carbocycles. The Balaban J connectivity index is 2.43. The SMILES string of the molecule is CC(C)CCc1ccc(COC(=O)C(C)C)cc1. The number of carbonyl (C=O) groups is 1. The van der Waals surface area contributed by atoms with Crippen molar-refractivity contribution in [3.8, 4) is 0 Å². The molecule has 0 unspecified atom stereocenters. The minimum Gasteiger partial charge on any atom is -0.461 e. The molecule has 0 aromatic heterocycles. The van der Waals surface area contributed by atoms with Crippen LogP contribution >= 0.6 is 0 Å². The Morgan fingerprint density at radius 2 is 1.61 bits per heavy atom. The molecule has 0 N–H and O–H groups in total. The first-order valence-corrected chi connectivity index (χ1v) is 6.73. The van der Waals surface area contributed by atoms with Gasteiger partial charge >= 0.3 is 5.97 Å². The van der Waals surface area contributed by atoms with Gasteiger partial charge < -0.3 is 4.74 Å². The lowest BCUT2D eigenvalue weighted by Gasteiger charge is -2.08. The van der Waals surface area contributed by atoms with Gasteiger partial charge in [-0.2, -0.15) is 0 Å². The first-order valence-electron chi connectivity index (χ1n) is 6.73.